The molecule has 0 aliphatic rings. The Labute approximate surface area is 101 Å². The smallest absolute Gasteiger partial charge is 0.124 e. The van der Waals surface area contributed by atoms with Gasteiger partial charge in [-0.25, -0.2) is 4.39 Å². The zero-order chi connectivity index (χ0) is 12.9. The Morgan fingerprint density at radius 3 is 2.71 bits per heavy atom. The second kappa shape index (κ2) is 5.76. The summed E-state index contributed by atoms with van der Waals surface area (Å²) < 4.78 is 13.2. The number of hydrogen-bond acceptors (Lipinski definition) is 3. The van der Waals surface area contributed by atoms with Crippen molar-refractivity contribution >= 4 is 0 Å². The molecule has 0 aliphatic carbocycles. The summed E-state index contributed by atoms with van der Waals surface area (Å²) in [5, 5.41) is 20.8. The molecule has 1 rings (SSSR count). The molecule has 0 heterocycles. The fraction of sp³-hybridized carbons (Fsp3) is 0.462. The van der Waals surface area contributed by atoms with Crippen LogP contribution in [0.25, 0.3) is 0 Å². The van der Waals surface area contributed by atoms with Gasteiger partial charge in [-0.3, -0.25) is 0 Å². The lowest BCUT2D eigenvalue weighted by Crippen LogP contribution is -2.39. The van der Waals surface area contributed by atoms with Crippen molar-refractivity contribution in [3.05, 3.63) is 35.1 Å². The molecule has 0 unspecified atom stereocenters. The normalized spacial score (nSPS) is 11.2. The van der Waals surface area contributed by atoms with Crippen molar-refractivity contribution in [2.75, 3.05) is 6.61 Å². The fourth-order valence-corrected chi connectivity index (χ4v) is 1.53. The molecule has 0 radical (unpaired) electrons. The molecule has 0 aliphatic heterocycles. The number of nitrogens with zero attached hydrogens (tertiary/aromatic N) is 1. The highest BCUT2D eigenvalue weighted by Gasteiger charge is 2.15. The maximum atomic E-state index is 13.2. The van der Waals surface area contributed by atoms with Gasteiger partial charge in [0.05, 0.1) is 11.6 Å². The summed E-state index contributed by atoms with van der Waals surface area (Å²) in [5.74, 6) is -0.402. The lowest BCUT2D eigenvalue weighted by atomic mass is 10.0. The summed E-state index contributed by atoms with van der Waals surface area (Å²) in [6, 6.07) is 6.20. The van der Waals surface area contributed by atoms with Crippen molar-refractivity contribution in [3.8, 4) is 6.07 Å². The third-order valence-corrected chi connectivity index (χ3v) is 2.59. The second-order valence-corrected chi connectivity index (χ2v) is 4.67. The maximum absolute atomic E-state index is 13.2. The van der Waals surface area contributed by atoms with Gasteiger partial charge in [-0.1, -0.05) is 0 Å². The number of rotatable bonds is 5. The Morgan fingerprint density at radius 1 is 1.41 bits per heavy atom. The van der Waals surface area contributed by atoms with Gasteiger partial charge in [0.25, 0.3) is 0 Å². The van der Waals surface area contributed by atoms with Gasteiger partial charge in [0.1, 0.15) is 5.82 Å². The highest BCUT2D eigenvalue weighted by molar-refractivity contribution is 5.33. The van der Waals surface area contributed by atoms with E-state index in [1.165, 1.54) is 12.1 Å². The van der Waals surface area contributed by atoms with Crippen molar-refractivity contribution in [1.82, 2.24) is 5.32 Å². The molecule has 0 saturated heterocycles. The number of halogens is 1. The van der Waals surface area contributed by atoms with E-state index in [4.69, 9.17) is 10.4 Å². The molecule has 0 aromatic heterocycles. The number of nitrogens with one attached hydrogen (secondary N) is 1. The molecule has 4 heteroatoms. The predicted octanol–water partition coefficient (Wildman–Crippen LogP) is 1.95. The first-order chi connectivity index (χ1) is 7.96. The monoisotopic (exact) mass is 236 g/mol. The number of hydrogen-bond donors (Lipinski definition) is 2. The van der Waals surface area contributed by atoms with Gasteiger partial charge < -0.3 is 10.4 Å². The standard InChI is InChI=1S/C13H17FN2O/c1-13(2,3-4-17)16-9-11-5-10(8-15)6-12(14)7-11/h5-7,16-17H,3-4,9H2,1-2H3. The Kier molecular flexibility index (Phi) is 4.62. The Hall–Kier alpha value is -1.44. The molecule has 0 atom stereocenters. The molecule has 2 N–H and O–H groups in total. The Balaban J connectivity index is 2.70. The number of benzene rings is 1. The van der Waals surface area contributed by atoms with Crippen molar-refractivity contribution in [2.24, 2.45) is 0 Å². The van der Waals surface area contributed by atoms with Crippen LogP contribution in [0, 0.1) is 17.1 Å². The highest BCUT2D eigenvalue weighted by Crippen LogP contribution is 2.12. The van der Waals surface area contributed by atoms with E-state index < -0.39 is 5.82 Å². The van der Waals surface area contributed by atoms with E-state index in [1.807, 2.05) is 19.9 Å². The summed E-state index contributed by atoms with van der Waals surface area (Å²) in [5.41, 5.74) is 0.836. The van der Waals surface area contributed by atoms with E-state index in [1.54, 1.807) is 6.07 Å². The topological polar surface area (TPSA) is 56.0 Å². The number of nitriles is 1. The first kappa shape index (κ1) is 13.6. The molecule has 0 saturated carbocycles. The highest BCUT2D eigenvalue weighted by atomic mass is 19.1. The van der Waals surface area contributed by atoms with E-state index in [9.17, 15) is 4.39 Å². The van der Waals surface area contributed by atoms with E-state index in [-0.39, 0.29) is 12.1 Å². The van der Waals surface area contributed by atoms with Gasteiger partial charge in [0, 0.05) is 18.7 Å². The zero-order valence-electron chi connectivity index (χ0n) is 10.1. The van der Waals surface area contributed by atoms with Crippen LogP contribution < -0.4 is 5.32 Å². The molecule has 0 spiro atoms. The minimum absolute atomic E-state index is 0.104. The molecular formula is C13H17FN2O. The lowest BCUT2D eigenvalue weighted by Gasteiger charge is -2.25. The summed E-state index contributed by atoms with van der Waals surface area (Å²) >= 11 is 0. The average Bonchev–Trinajstić information content (AvgIpc) is 2.26. The van der Waals surface area contributed by atoms with Gasteiger partial charge >= 0.3 is 0 Å². The van der Waals surface area contributed by atoms with Gasteiger partial charge in [-0.15, -0.1) is 0 Å². The zero-order valence-corrected chi connectivity index (χ0v) is 10.1. The van der Waals surface area contributed by atoms with Crippen LogP contribution in [-0.4, -0.2) is 17.3 Å². The van der Waals surface area contributed by atoms with E-state index in [0.29, 0.717) is 18.5 Å². The van der Waals surface area contributed by atoms with Crippen LogP contribution in [0.5, 0.6) is 0 Å². The van der Waals surface area contributed by atoms with Crippen LogP contribution in [-0.2, 0) is 6.54 Å². The van der Waals surface area contributed by atoms with Crippen LogP contribution >= 0.6 is 0 Å². The largest absolute Gasteiger partial charge is 0.396 e. The summed E-state index contributed by atoms with van der Waals surface area (Å²) in [4.78, 5) is 0. The number of aliphatic hydroxyl groups is 1. The molecule has 3 nitrogen and oxygen atoms in total. The first-order valence-corrected chi connectivity index (χ1v) is 5.52. The van der Waals surface area contributed by atoms with Gasteiger partial charge in [0.2, 0.25) is 0 Å². The molecule has 0 fully saturated rings. The molecule has 0 bridgehead atoms. The molecular weight excluding hydrogens is 219 g/mol. The summed E-state index contributed by atoms with van der Waals surface area (Å²) in [6.07, 6.45) is 0.618. The van der Waals surface area contributed by atoms with Crippen molar-refractivity contribution in [2.45, 2.75) is 32.4 Å². The third kappa shape index (κ3) is 4.51. The maximum Gasteiger partial charge on any atom is 0.124 e. The lowest BCUT2D eigenvalue weighted by molar-refractivity contribution is 0.230. The van der Waals surface area contributed by atoms with Crippen LogP contribution in [0.1, 0.15) is 31.4 Å². The van der Waals surface area contributed by atoms with E-state index in [2.05, 4.69) is 5.32 Å². The van der Waals surface area contributed by atoms with Crippen LogP contribution in [0.3, 0.4) is 0 Å². The molecule has 17 heavy (non-hydrogen) atoms. The van der Waals surface area contributed by atoms with E-state index >= 15 is 0 Å². The quantitative estimate of drug-likeness (QED) is 0.821. The predicted molar refractivity (Wildman–Crippen MR) is 63.7 cm³/mol. The Morgan fingerprint density at radius 2 is 2.12 bits per heavy atom. The minimum Gasteiger partial charge on any atom is -0.396 e. The third-order valence-electron chi connectivity index (χ3n) is 2.59. The minimum atomic E-state index is -0.402. The Bertz CT molecular complexity index is 424. The first-order valence-electron chi connectivity index (χ1n) is 5.52. The van der Waals surface area contributed by atoms with Gasteiger partial charge in [-0.2, -0.15) is 5.26 Å². The van der Waals surface area contributed by atoms with Crippen LogP contribution in [0.2, 0.25) is 0 Å². The van der Waals surface area contributed by atoms with Crippen molar-refractivity contribution in [1.29, 1.82) is 5.26 Å². The average molecular weight is 236 g/mol. The van der Waals surface area contributed by atoms with Crippen LogP contribution in [0.4, 0.5) is 4.39 Å². The molecule has 92 valence electrons. The van der Waals surface area contributed by atoms with Crippen molar-refractivity contribution in [3.63, 3.8) is 0 Å². The van der Waals surface area contributed by atoms with Crippen molar-refractivity contribution < 1.29 is 9.50 Å². The van der Waals surface area contributed by atoms with Gasteiger partial charge in [-0.05, 0) is 44.0 Å². The summed E-state index contributed by atoms with van der Waals surface area (Å²) in [7, 11) is 0. The molecule has 1 aromatic rings. The second-order valence-electron chi connectivity index (χ2n) is 4.67. The number of aliphatic hydroxyl groups excluding tert-OH is 1. The summed E-state index contributed by atoms with van der Waals surface area (Å²) in [6.45, 7) is 4.51. The molecule has 1 aromatic carbocycles. The van der Waals surface area contributed by atoms with E-state index in [0.717, 1.165) is 5.56 Å². The van der Waals surface area contributed by atoms with Gasteiger partial charge in [0.15, 0.2) is 0 Å². The molecule has 0 amide bonds. The fourth-order valence-electron chi connectivity index (χ4n) is 1.53. The SMILES string of the molecule is CC(C)(CCO)NCc1cc(F)cc(C#N)c1. The van der Waals surface area contributed by atoms with Crippen LogP contribution in [0.15, 0.2) is 18.2 Å².